The van der Waals surface area contributed by atoms with E-state index in [4.69, 9.17) is 15.2 Å². The van der Waals surface area contributed by atoms with Crippen molar-refractivity contribution in [1.29, 1.82) is 0 Å². The Bertz CT molecular complexity index is 1720. The van der Waals surface area contributed by atoms with Crippen molar-refractivity contribution in [2.75, 3.05) is 26.0 Å². The quantitative estimate of drug-likeness (QED) is 0.214. The predicted molar refractivity (Wildman–Crippen MR) is 160 cm³/mol. The van der Waals surface area contributed by atoms with Crippen molar-refractivity contribution in [3.05, 3.63) is 83.7 Å². The number of rotatable bonds is 9. The van der Waals surface area contributed by atoms with Crippen LogP contribution in [0.4, 0.5) is 20.3 Å². The lowest BCUT2D eigenvalue weighted by Gasteiger charge is -2.23. The monoisotopic (exact) mass is 589 g/mol. The second kappa shape index (κ2) is 11.9. The minimum Gasteiger partial charge on any atom is -0.496 e. The van der Waals surface area contributed by atoms with Gasteiger partial charge in [0, 0.05) is 39.9 Å². The Morgan fingerprint density at radius 2 is 1.95 bits per heavy atom. The van der Waals surface area contributed by atoms with E-state index in [-0.39, 0.29) is 17.5 Å². The molecule has 224 valence electrons. The summed E-state index contributed by atoms with van der Waals surface area (Å²) in [7, 11) is 3.52. The number of halogens is 2. The van der Waals surface area contributed by atoms with Gasteiger partial charge in [-0.05, 0) is 76.7 Å². The second-order valence-electron chi connectivity index (χ2n) is 11.0. The number of primary amides is 1. The Balaban J connectivity index is 1.57. The van der Waals surface area contributed by atoms with Crippen LogP contribution in [0, 0.1) is 11.6 Å². The Morgan fingerprint density at radius 1 is 1.16 bits per heavy atom. The first kappa shape index (κ1) is 29.9. The molecule has 4 aromatic rings. The number of hydrogen-bond donors (Lipinski definition) is 3. The molecule has 1 atom stereocenters. The van der Waals surface area contributed by atoms with Crippen LogP contribution in [0.25, 0.3) is 16.5 Å². The number of nitrogens with zero attached hydrogens (tertiary/aromatic N) is 3. The third kappa shape index (κ3) is 6.27. The highest BCUT2D eigenvalue weighted by Gasteiger charge is 2.25. The molecule has 0 radical (unpaired) electrons. The Morgan fingerprint density at radius 3 is 2.63 bits per heavy atom. The highest BCUT2D eigenvalue weighted by atomic mass is 19.2. The van der Waals surface area contributed by atoms with Crippen molar-refractivity contribution < 1.29 is 28.2 Å². The molecule has 1 amide bonds. The van der Waals surface area contributed by atoms with Gasteiger partial charge in [0.25, 0.3) is 0 Å². The van der Waals surface area contributed by atoms with Crippen molar-refractivity contribution in [2.24, 2.45) is 5.73 Å². The van der Waals surface area contributed by atoms with Crippen LogP contribution in [0.3, 0.4) is 0 Å². The Hall–Kier alpha value is -4.61. The number of likely N-dealkylation sites (tertiary alicyclic amines) is 1. The fourth-order valence-corrected chi connectivity index (χ4v) is 5.23. The summed E-state index contributed by atoms with van der Waals surface area (Å²) in [6, 6.07) is 11.9. The highest BCUT2D eigenvalue weighted by Crippen LogP contribution is 2.38. The number of ether oxygens (including phenoxy) is 2. The number of anilines is 2. The van der Waals surface area contributed by atoms with Crippen LogP contribution in [0.2, 0.25) is 0 Å². The molecule has 3 aromatic carbocycles. The van der Waals surface area contributed by atoms with Gasteiger partial charge in [0.05, 0.1) is 18.2 Å². The summed E-state index contributed by atoms with van der Waals surface area (Å²) in [5.74, 6) is -1.99. The molecule has 0 aliphatic carbocycles. The molecule has 1 aliphatic heterocycles. The van der Waals surface area contributed by atoms with E-state index in [1.807, 2.05) is 13.1 Å². The zero-order chi connectivity index (χ0) is 30.9. The van der Waals surface area contributed by atoms with E-state index in [2.05, 4.69) is 20.2 Å². The summed E-state index contributed by atoms with van der Waals surface area (Å²) in [4.78, 5) is 23.7. The molecule has 43 heavy (non-hydrogen) atoms. The minimum atomic E-state index is -1.37. The van der Waals surface area contributed by atoms with Gasteiger partial charge in [-0.3, -0.25) is 9.69 Å². The molecular formula is C32H33F2N5O4. The number of fused-ring (bicyclic) bond motifs is 1. The molecule has 5 rings (SSSR count). The molecule has 0 spiro atoms. The van der Waals surface area contributed by atoms with Gasteiger partial charge in [-0.15, -0.1) is 0 Å². The molecule has 2 heterocycles. The number of carbonyl (C=O) groups excluding carboxylic acids is 1. The van der Waals surface area contributed by atoms with Crippen LogP contribution in [0.15, 0.2) is 60.9 Å². The van der Waals surface area contributed by atoms with E-state index in [9.17, 15) is 18.7 Å². The first-order chi connectivity index (χ1) is 20.5. The van der Waals surface area contributed by atoms with Crippen molar-refractivity contribution >= 4 is 33.9 Å². The third-order valence-corrected chi connectivity index (χ3v) is 7.50. The predicted octanol–water partition coefficient (Wildman–Crippen LogP) is 5.64. The summed E-state index contributed by atoms with van der Waals surface area (Å²) in [5, 5.41) is 14.9. The number of methoxy groups -OCH3 is 1. The van der Waals surface area contributed by atoms with Crippen LogP contribution >= 0.6 is 0 Å². The topological polar surface area (TPSA) is 123 Å². The van der Waals surface area contributed by atoms with Gasteiger partial charge in [-0.2, -0.15) is 4.39 Å². The number of nitrogens with two attached hydrogens (primary N) is 1. The molecule has 1 unspecified atom stereocenters. The SMILES string of the molecule is COc1cc2ncnc(Nc3ccc(Oc4cccc(F)c4F)cc3C(C)(C)O)c2cc1C(=CC1CCCN1C)C(N)=O. The van der Waals surface area contributed by atoms with E-state index >= 15 is 0 Å². The van der Waals surface area contributed by atoms with Gasteiger partial charge in [0.15, 0.2) is 11.6 Å². The van der Waals surface area contributed by atoms with E-state index in [0.29, 0.717) is 44.9 Å². The number of hydrogen-bond acceptors (Lipinski definition) is 8. The molecule has 0 saturated carbocycles. The summed E-state index contributed by atoms with van der Waals surface area (Å²) in [6.07, 6.45) is 5.19. The third-order valence-electron chi connectivity index (χ3n) is 7.50. The zero-order valence-corrected chi connectivity index (χ0v) is 24.3. The Kier molecular flexibility index (Phi) is 8.30. The summed E-state index contributed by atoms with van der Waals surface area (Å²) >= 11 is 0. The number of aliphatic hydroxyl groups is 1. The van der Waals surface area contributed by atoms with Gasteiger partial charge in [-0.25, -0.2) is 14.4 Å². The number of nitrogens with one attached hydrogen (secondary N) is 1. The lowest BCUT2D eigenvalue weighted by atomic mass is 9.95. The second-order valence-corrected chi connectivity index (χ2v) is 11.0. The number of likely N-dealkylation sites (N-methyl/N-ethyl adjacent to an activating group) is 1. The van der Waals surface area contributed by atoms with Crippen molar-refractivity contribution in [3.8, 4) is 17.2 Å². The Labute approximate surface area is 248 Å². The van der Waals surface area contributed by atoms with Crippen LogP contribution in [-0.4, -0.2) is 52.6 Å². The molecule has 0 bridgehead atoms. The van der Waals surface area contributed by atoms with Crippen molar-refractivity contribution in [3.63, 3.8) is 0 Å². The first-order valence-corrected chi connectivity index (χ1v) is 13.8. The molecule has 11 heteroatoms. The molecule has 1 aromatic heterocycles. The fourth-order valence-electron chi connectivity index (χ4n) is 5.23. The first-order valence-electron chi connectivity index (χ1n) is 13.8. The average molecular weight is 590 g/mol. The largest absolute Gasteiger partial charge is 0.496 e. The van der Waals surface area contributed by atoms with E-state index in [1.54, 1.807) is 38.1 Å². The van der Waals surface area contributed by atoms with Crippen LogP contribution < -0.4 is 20.5 Å². The van der Waals surface area contributed by atoms with Gasteiger partial charge >= 0.3 is 0 Å². The molecule has 1 saturated heterocycles. The van der Waals surface area contributed by atoms with Gasteiger partial charge < -0.3 is 25.6 Å². The maximum absolute atomic E-state index is 14.2. The number of aromatic nitrogens is 2. The summed E-state index contributed by atoms with van der Waals surface area (Å²) < 4.78 is 39.2. The van der Waals surface area contributed by atoms with E-state index in [0.717, 1.165) is 25.5 Å². The molecule has 9 nitrogen and oxygen atoms in total. The maximum atomic E-state index is 14.2. The van der Waals surface area contributed by atoms with E-state index < -0.39 is 23.1 Å². The van der Waals surface area contributed by atoms with Gasteiger partial charge in [-0.1, -0.05) is 12.1 Å². The molecule has 1 fully saturated rings. The highest BCUT2D eigenvalue weighted by molar-refractivity contribution is 6.20. The molecular weight excluding hydrogens is 556 g/mol. The van der Waals surface area contributed by atoms with Gasteiger partial charge in [0.1, 0.15) is 23.6 Å². The lowest BCUT2D eigenvalue weighted by molar-refractivity contribution is -0.112. The van der Waals surface area contributed by atoms with Crippen molar-refractivity contribution in [1.82, 2.24) is 14.9 Å². The normalized spacial score (nSPS) is 16.0. The minimum absolute atomic E-state index is 0.0588. The zero-order valence-electron chi connectivity index (χ0n) is 24.3. The lowest BCUT2D eigenvalue weighted by Crippen LogP contribution is -2.25. The number of amides is 1. The van der Waals surface area contributed by atoms with E-state index in [1.165, 1.54) is 31.6 Å². The summed E-state index contributed by atoms with van der Waals surface area (Å²) in [5.41, 5.74) is 6.77. The number of carbonyl (C=O) groups is 1. The average Bonchev–Trinajstić information content (AvgIpc) is 3.37. The summed E-state index contributed by atoms with van der Waals surface area (Å²) in [6.45, 7) is 4.10. The van der Waals surface area contributed by atoms with Gasteiger partial charge in [0.2, 0.25) is 11.7 Å². The number of benzene rings is 3. The fraction of sp³-hybridized carbons (Fsp3) is 0.281. The molecule has 4 N–H and O–H groups in total. The van der Waals surface area contributed by atoms with Crippen LogP contribution in [0.1, 0.15) is 37.8 Å². The van der Waals surface area contributed by atoms with Crippen LogP contribution in [-0.2, 0) is 10.4 Å². The van der Waals surface area contributed by atoms with Crippen molar-refractivity contribution in [2.45, 2.75) is 38.3 Å². The smallest absolute Gasteiger partial charge is 0.249 e. The standard InChI is InChI=1S/C32H33F2N5O4/c1-32(2,41)23-14-19(43-27-9-5-8-24(33)29(27)34)10-11-25(23)38-31-22-15-20(28(42-4)16-26(22)36-17-37-31)21(30(35)40)13-18-7-6-12-39(18)3/h5,8-11,13-18,41H,6-7,12H2,1-4H3,(H2,35,40)(H,36,37,38). The van der Waals surface area contributed by atoms with Crippen LogP contribution in [0.5, 0.6) is 17.2 Å². The molecule has 1 aliphatic rings. The maximum Gasteiger partial charge on any atom is 0.249 e.